The van der Waals surface area contributed by atoms with Crippen LogP contribution in [-0.2, 0) is 34.3 Å². The summed E-state index contributed by atoms with van der Waals surface area (Å²) in [5.74, 6) is 0.596. The van der Waals surface area contributed by atoms with Crippen molar-refractivity contribution in [2.45, 2.75) is 32.5 Å². The Labute approximate surface area is 145 Å². The van der Waals surface area contributed by atoms with Crippen LogP contribution < -0.4 is 5.32 Å². The molecule has 9 heteroatoms. The van der Waals surface area contributed by atoms with Gasteiger partial charge in [-0.25, -0.2) is 13.4 Å². The molecule has 7 nitrogen and oxygen atoms in total. The van der Waals surface area contributed by atoms with Gasteiger partial charge in [0.25, 0.3) is 0 Å². The van der Waals surface area contributed by atoms with Gasteiger partial charge in [0.05, 0.1) is 31.0 Å². The minimum atomic E-state index is -3.26. The molecule has 2 aromatic rings. The van der Waals surface area contributed by atoms with Crippen LogP contribution in [0.2, 0.25) is 0 Å². The number of aromatic nitrogens is 2. The number of hydrogen-bond donors (Lipinski definition) is 1. The summed E-state index contributed by atoms with van der Waals surface area (Å²) in [6, 6.07) is 3.60. The molecule has 0 spiro atoms. The summed E-state index contributed by atoms with van der Waals surface area (Å²) in [6.07, 6.45) is 3.24. The third-order valence-electron chi connectivity index (χ3n) is 4.03. The highest BCUT2D eigenvalue weighted by Gasteiger charge is 2.32. The lowest BCUT2D eigenvalue weighted by molar-refractivity contribution is -0.120. The molecule has 1 aliphatic heterocycles. The number of hydrogen-bond acceptors (Lipinski definition) is 5. The second-order valence-corrected chi connectivity index (χ2v) is 8.83. The summed E-state index contributed by atoms with van der Waals surface area (Å²) < 4.78 is 27.0. The van der Waals surface area contributed by atoms with Gasteiger partial charge in [-0.1, -0.05) is 6.07 Å². The van der Waals surface area contributed by atoms with Crippen molar-refractivity contribution >= 4 is 27.3 Å². The molecule has 3 rings (SSSR count). The maximum atomic E-state index is 12.1. The Bertz CT molecular complexity index is 827. The van der Waals surface area contributed by atoms with Crippen molar-refractivity contribution in [3.05, 3.63) is 40.1 Å². The van der Waals surface area contributed by atoms with Crippen molar-refractivity contribution in [3.8, 4) is 0 Å². The van der Waals surface area contributed by atoms with Crippen molar-refractivity contribution in [2.24, 2.45) is 0 Å². The van der Waals surface area contributed by atoms with Gasteiger partial charge >= 0.3 is 0 Å². The fourth-order valence-electron chi connectivity index (χ4n) is 2.89. The van der Waals surface area contributed by atoms with E-state index in [9.17, 15) is 13.2 Å². The predicted octanol–water partition coefficient (Wildman–Crippen LogP) is 1.14. The Morgan fingerprint density at radius 1 is 1.46 bits per heavy atom. The standard InChI is InChI=1S/C15H20N4O3S2/c1-11-15-17-12(8-14(20)16-9-13-4-3-7-23-13)10-18(15)5-6-19(11)24(2,21)22/h3-4,7,10-11H,5-6,8-9H2,1-2H3,(H,16,20)/t11-/m1/s1. The maximum absolute atomic E-state index is 12.1. The number of nitrogens with zero attached hydrogens (tertiary/aromatic N) is 3. The number of rotatable bonds is 5. The Balaban J connectivity index is 1.66. The average molecular weight is 368 g/mol. The summed E-state index contributed by atoms with van der Waals surface area (Å²) in [6.45, 7) is 3.31. The van der Waals surface area contributed by atoms with E-state index >= 15 is 0 Å². The van der Waals surface area contributed by atoms with Crippen LogP contribution in [0.5, 0.6) is 0 Å². The zero-order chi connectivity index (χ0) is 17.3. The lowest BCUT2D eigenvalue weighted by Gasteiger charge is -2.31. The first-order valence-electron chi connectivity index (χ1n) is 7.66. The van der Waals surface area contributed by atoms with Gasteiger partial charge in [0.2, 0.25) is 15.9 Å². The van der Waals surface area contributed by atoms with Gasteiger partial charge in [-0.2, -0.15) is 4.31 Å². The minimum absolute atomic E-state index is 0.0912. The quantitative estimate of drug-likeness (QED) is 0.858. The highest BCUT2D eigenvalue weighted by molar-refractivity contribution is 7.88. The van der Waals surface area contributed by atoms with E-state index in [-0.39, 0.29) is 18.4 Å². The van der Waals surface area contributed by atoms with Crippen molar-refractivity contribution < 1.29 is 13.2 Å². The van der Waals surface area contributed by atoms with Crippen LogP contribution >= 0.6 is 11.3 Å². The molecule has 0 aromatic carbocycles. The molecule has 24 heavy (non-hydrogen) atoms. The molecule has 0 saturated heterocycles. The lowest BCUT2D eigenvalue weighted by Crippen LogP contribution is -2.40. The maximum Gasteiger partial charge on any atom is 0.226 e. The number of carbonyl (C=O) groups excluding carboxylic acids is 1. The molecule has 1 aliphatic rings. The Morgan fingerprint density at radius 3 is 2.92 bits per heavy atom. The van der Waals surface area contributed by atoms with Crippen LogP contribution in [-0.4, -0.2) is 41.0 Å². The second-order valence-electron chi connectivity index (χ2n) is 5.87. The normalized spacial score (nSPS) is 18.3. The number of thiophene rings is 1. The SMILES string of the molecule is C[C@@H]1c2nc(CC(=O)NCc3cccs3)cn2CCN1S(C)(=O)=O. The van der Waals surface area contributed by atoms with Gasteiger partial charge in [-0.15, -0.1) is 11.3 Å². The molecule has 0 unspecified atom stereocenters. The average Bonchev–Trinajstić information content (AvgIpc) is 3.13. The first-order valence-corrected chi connectivity index (χ1v) is 10.4. The predicted molar refractivity (Wildman–Crippen MR) is 92.1 cm³/mol. The van der Waals surface area contributed by atoms with E-state index in [2.05, 4.69) is 10.3 Å². The lowest BCUT2D eigenvalue weighted by atomic mass is 10.2. The van der Waals surface area contributed by atoms with Crippen LogP contribution in [0.15, 0.2) is 23.7 Å². The molecule has 0 radical (unpaired) electrons. The first-order chi connectivity index (χ1) is 11.3. The molecule has 0 bridgehead atoms. The largest absolute Gasteiger partial charge is 0.351 e. The third-order valence-corrected chi connectivity index (χ3v) is 6.26. The Morgan fingerprint density at radius 2 is 2.25 bits per heavy atom. The van der Waals surface area contributed by atoms with Crippen molar-refractivity contribution in [3.63, 3.8) is 0 Å². The summed E-state index contributed by atoms with van der Waals surface area (Å²) in [4.78, 5) is 17.6. The van der Waals surface area contributed by atoms with E-state index in [1.165, 1.54) is 10.6 Å². The Kier molecular flexibility index (Phi) is 4.75. The topological polar surface area (TPSA) is 84.3 Å². The summed E-state index contributed by atoms with van der Waals surface area (Å²) in [5.41, 5.74) is 0.663. The molecular formula is C15H20N4O3S2. The van der Waals surface area contributed by atoms with Crippen LogP contribution in [0, 0.1) is 0 Å². The van der Waals surface area contributed by atoms with Gasteiger partial charge in [0.1, 0.15) is 5.82 Å². The van der Waals surface area contributed by atoms with Gasteiger partial charge in [-0.05, 0) is 18.4 Å². The second kappa shape index (κ2) is 6.66. The number of carbonyl (C=O) groups is 1. The van der Waals surface area contributed by atoms with E-state index < -0.39 is 10.0 Å². The fourth-order valence-corrected chi connectivity index (χ4v) is 4.62. The van der Waals surface area contributed by atoms with Crippen molar-refractivity contribution in [1.29, 1.82) is 0 Å². The zero-order valence-corrected chi connectivity index (χ0v) is 15.2. The highest BCUT2D eigenvalue weighted by Crippen LogP contribution is 2.26. The number of nitrogens with one attached hydrogen (secondary N) is 1. The third kappa shape index (κ3) is 3.68. The van der Waals surface area contributed by atoms with Gasteiger partial charge in [0.15, 0.2) is 0 Å². The van der Waals surface area contributed by atoms with Gasteiger partial charge in [-0.3, -0.25) is 4.79 Å². The van der Waals surface area contributed by atoms with Crippen LogP contribution in [0.1, 0.15) is 29.4 Å². The number of fused-ring (bicyclic) bond motifs is 1. The minimum Gasteiger partial charge on any atom is -0.351 e. The summed E-state index contributed by atoms with van der Waals surface area (Å²) in [7, 11) is -3.26. The molecule has 0 aliphatic carbocycles. The molecule has 0 fully saturated rings. The highest BCUT2D eigenvalue weighted by atomic mass is 32.2. The molecule has 130 valence electrons. The molecule has 1 amide bonds. The van der Waals surface area contributed by atoms with E-state index in [1.54, 1.807) is 11.3 Å². The monoisotopic (exact) mass is 368 g/mol. The van der Waals surface area contributed by atoms with E-state index in [4.69, 9.17) is 0 Å². The van der Waals surface area contributed by atoms with E-state index in [1.807, 2.05) is 35.2 Å². The van der Waals surface area contributed by atoms with Crippen LogP contribution in [0.4, 0.5) is 0 Å². The van der Waals surface area contributed by atoms with Crippen LogP contribution in [0.25, 0.3) is 0 Å². The Hall–Kier alpha value is -1.71. The van der Waals surface area contributed by atoms with E-state index in [0.29, 0.717) is 31.2 Å². The zero-order valence-electron chi connectivity index (χ0n) is 13.6. The smallest absolute Gasteiger partial charge is 0.226 e. The van der Waals surface area contributed by atoms with Crippen LogP contribution in [0.3, 0.4) is 0 Å². The van der Waals surface area contributed by atoms with Crippen molar-refractivity contribution in [2.75, 3.05) is 12.8 Å². The number of imidazole rings is 1. The molecule has 1 atom stereocenters. The van der Waals surface area contributed by atoms with Crippen molar-refractivity contribution in [1.82, 2.24) is 19.2 Å². The molecule has 1 N–H and O–H groups in total. The van der Waals surface area contributed by atoms with Gasteiger partial charge in [0, 0.05) is 24.2 Å². The molecule has 0 saturated carbocycles. The number of amides is 1. The number of sulfonamides is 1. The first kappa shape index (κ1) is 17.1. The van der Waals surface area contributed by atoms with E-state index in [0.717, 1.165) is 4.88 Å². The molecular weight excluding hydrogens is 348 g/mol. The molecule has 3 heterocycles. The fraction of sp³-hybridized carbons (Fsp3) is 0.467. The molecule has 2 aromatic heterocycles. The summed E-state index contributed by atoms with van der Waals surface area (Å²) >= 11 is 1.60. The van der Waals surface area contributed by atoms with Gasteiger partial charge < -0.3 is 9.88 Å². The summed E-state index contributed by atoms with van der Waals surface area (Å²) in [5, 5.41) is 4.85.